The lowest BCUT2D eigenvalue weighted by Gasteiger charge is -2.36. The van der Waals surface area contributed by atoms with E-state index in [-0.39, 0.29) is 11.7 Å². The monoisotopic (exact) mass is 444 g/mol. The zero-order valence-corrected chi connectivity index (χ0v) is 19.0. The van der Waals surface area contributed by atoms with Gasteiger partial charge in [-0.1, -0.05) is 6.07 Å². The van der Waals surface area contributed by atoms with E-state index in [1.165, 1.54) is 11.4 Å². The number of carbonyl (C=O) groups is 1. The van der Waals surface area contributed by atoms with Gasteiger partial charge in [0, 0.05) is 45.0 Å². The SMILES string of the molecule is COc1cc(N2CCCS2(=O)=O)ccc1C(=O)N1CCN(c2ncc(C)cc2C)CC1. The summed E-state index contributed by atoms with van der Waals surface area (Å²) in [6.45, 7) is 7.11. The highest BCUT2D eigenvalue weighted by Gasteiger charge is 2.30. The van der Waals surface area contributed by atoms with Gasteiger partial charge >= 0.3 is 0 Å². The number of aromatic nitrogens is 1. The average molecular weight is 445 g/mol. The van der Waals surface area contributed by atoms with E-state index in [0.29, 0.717) is 56.1 Å². The Labute approximate surface area is 183 Å². The van der Waals surface area contributed by atoms with Crippen molar-refractivity contribution in [1.29, 1.82) is 0 Å². The second-order valence-corrected chi connectivity index (χ2v) is 10.1. The van der Waals surface area contributed by atoms with Crippen LogP contribution in [0.2, 0.25) is 0 Å². The van der Waals surface area contributed by atoms with E-state index < -0.39 is 10.0 Å². The number of rotatable bonds is 4. The van der Waals surface area contributed by atoms with Crippen molar-refractivity contribution in [3.63, 3.8) is 0 Å². The van der Waals surface area contributed by atoms with Crippen LogP contribution < -0.4 is 13.9 Å². The first kappa shape index (κ1) is 21.4. The van der Waals surface area contributed by atoms with Gasteiger partial charge in [0.2, 0.25) is 10.0 Å². The molecule has 2 aromatic rings. The molecule has 0 spiro atoms. The Balaban J connectivity index is 1.48. The van der Waals surface area contributed by atoms with Gasteiger partial charge in [-0.15, -0.1) is 0 Å². The molecule has 1 aromatic carbocycles. The first-order chi connectivity index (χ1) is 14.8. The molecule has 166 valence electrons. The number of benzene rings is 1. The molecular weight excluding hydrogens is 416 g/mol. The van der Waals surface area contributed by atoms with Crippen LogP contribution in [0.25, 0.3) is 0 Å². The number of anilines is 2. The number of amides is 1. The van der Waals surface area contributed by atoms with Gasteiger partial charge in [0.1, 0.15) is 11.6 Å². The maximum Gasteiger partial charge on any atom is 0.257 e. The van der Waals surface area contributed by atoms with Gasteiger partial charge in [-0.25, -0.2) is 13.4 Å². The summed E-state index contributed by atoms with van der Waals surface area (Å²) in [5.41, 5.74) is 3.25. The molecule has 2 saturated heterocycles. The summed E-state index contributed by atoms with van der Waals surface area (Å²) in [6, 6.07) is 7.12. The zero-order chi connectivity index (χ0) is 22.2. The minimum Gasteiger partial charge on any atom is -0.496 e. The Morgan fingerprint density at radius 2 is 1.81 bits per heavy atom. The Morgan fingerprint density at radius 1 is 1.06 bits per heavy atom. The number of ether oxygens (including phenoxy) is 1. The molecule has 0 saturated carbocycles. The number of hydrogen-bond acceptors (Lipinski definition) is 6. The highest BCUT2D eigenvalue weighted by Crippen LogP contribution is 2.31. The number of methoxy groups -OCH3 is 1. The zero-order valence-electron chi connectivity index (χ0n) is 18.2. The first-order valence-electron chi connectivity index (χ1n) is 10.5. The van der Waals surface area contributed by atoms with Crippen molar-refractivity contribution in [1.82, 2.24) is 9.88 Å². The van der Waals surface area contributed by atoms with E-state index >= 15 is 0 Å². The van der Waals surface area contributed by atoms with Crippen molar-refractivity contribution in [3.05, 3.63) is 47.2 Å². The Morgan fingerprint density at radius 3 is 2.42 bits per heavy atom. The molecule has 0 radical (unpaired) electrons. The molecule has 0 aliphatic carbocycles. The van der Waals surface area contributed by atoms with Crippen molar-refractivity contribution in [2.24, 2.45) is 0 Å². The van der Waals surface area contributed by atoms with Gasteiger partial charge in [-0.05, 0) is 43.5 Å². The topological polar surface area (TPSA) is 83.0 Å². The smallest absolute Gasteiger partial charge is 0.257 e. The van der Waals surface area contributed by atoms with Crippen LogP contribution in [0.5, 0.6) is 5.75 Å². The third kappa shape index (κ3) is 4.19. The first-order valence-corrected chi connectivity index (χ1v) is 12.1. The van der Waals surface area contributed by atoms with E-state index in [4.69, 9.17) is 4.74 Å². The Bertz CT molecular complexity index is 1090. The van der Waals surface area contributed by atoms with Gasteiger partial charge in [-0.2, -0.15) is 0 Å². The van der Waals surface area contributed by atoms with Crippen molar-refractivity contribution < 1.29 is 17.9 Å². The van der Waals surface area contributed by atoms with Crippen LogP contribution in [0.4, 0.5) is 11.5 Å². The van der Waals surface area contributed by atoms with Crippen LogP contribution in [-0.2, 0) is 10.0 Å². The van der Waals surface area contributed by atoms with E-state index in [2.05, 4.69) is 22.9 Å². The third-order valence-electron chi connectivity index (χ3n) is 5.86. The maximum absolute atomic E-state index is 13.2. The van der Waals surface area contributed by atoms with Crippen LogP contribution >= 0.6 is 0 Å². The van der Waals surface area contributed by atoms with Crippen LogP contribution in [0.15, 0.2) is 30.5 Å². The molecule has 0 N–H and O–H groups in total. The molecule has 1 amide bonds. The fraction of sp³-hybridized carbons (Fsp3) is 0.455. The fourth-order valence-electron chi connectivity index (χ4n) is 4.27. The van der Waals surface area contributed by atoms with E-state index in [9.17, 15) is 13.2 Å². The van der Waals surface area contributed by atoms with E-state index in [0.717, 1.165) is 16.9 Å². The standard InChI is InChI=1S/C22H28N4O4S/c1-16-13-17(2)21(23-15-16)24-8-10-25(11-9-24)22(27)19-6-5-18(14-20(19)30-3)26-7-4-12-31(26,28)29/h5-6,13-15H,4,7-12H2,1-3H3. The molecule has 2 fully saturated rings. The van der Waals surface area contributed by atoms with Gasteiger partial charge in [0.05, 0.1) is 24.1 Å². The average Bonchev–Trinajstić information content (AvgIpc) is 3.12. The predicted molar refractivity (Wildman–Crippen MR) is 121 cm³/mol. The van der Waals surface area contributed by atoms with Crippen molar-refractivity contribution in [2.45, 2.75) is 20.3 Å². The fourth-order valence-corrected chi connectivity index (χ4v) is 5.83. The number of sulfonamides is 1. The highest BCUT2D eigenvalue weighted by molar-refractivity contribution is 7.93. The molecule has 1 aromatic heterocycles. The van der Waals surface area contributed by atoms with Crippen LogP contribution in [0.3, 0.4) is 0 Å². The molecule has 31 heavy (non-hydrogen) atoms. The minimum atomic E-state index is -3.29. The van der Waals surface area contributed by atoms with Crippen LogP contribution in [0, 0.1) is 13.8 Å². The summed E-state index contributed by atoms with van der Waals surface area (Å²) in [6.07, 6.45) is 2.47. The minimum absolute atomic E-state index is 0.110. The molecule has 3 heterocycles. The summed E-state index contributed by atoms with van der Waals surface area (Å²) >= 11 is 0. The summed E-state index contributed by atoms with van der Waals surface area (Å²) in [4.78, 5) is 21.8. The van der Waals surface area contributed by atoms with Crippen LogP contribution in [-0.4, -0.2) is 69.8 Å². The van der Waals surface area contributed by atoms with Crippen molar-refractivity contribution in [3.8, 4) is 5.75 Å². The van der Waals surface area contributed by atoms with E-state index in [1.54, 1.807) is 18.2 Å². The van der Waals surface area contributed by atoms with E-state index in [1.807, 2.05) is 18.0 Å². The van der Waals surface area contributed by atoms with Crippen molar-refractivity contribution >= 4 is 27.4 Å². The van der Waals surface area contributed by atoms with Gasteiger partial charge in [0.25, 0.3) is 5.91 Å². The molecule has 4 rings (SSSR count). The largest absolute Gasteiger partial charge is 0.496 e. The van der Waals surface area contributed by atoms with Gasteiger partial charge < -0.3 is 14.5 Å². The van der Waals surface area contributed by atoms with Crippen LogP contribution in [0.1, 0.15) is 27.9 Å². The Hall–Kier alpha value is -2.81. The summed E-state index contributed by atoms with van der Waals surface area (Å²) < 4.78 is 31.3. The van der Waals surface area contributed by atoms with Crippen molar-refractivity contribution in [2.75, 3.05) is 54.8 Å². The number of carbonyl (C=O) groups excluding carboxylic acids is 1. The molecule has 8 nitrogen and oxygen atoms in total. The molecule has 0 bridgehead atoms. The molecule has 2 aliphatic heterocycles. The molecule has 2 aliphatic rings. The maximum atomic E-state index is 13.2. The number of piperazine rings is 1. The molecule has 9 heteroatoms. The normalized spacial score (nSPS) is 18.4. The summed E-state index contributed by atoms with van der Waals surface area (Å²) in [5, 5.41) is 0. The highest BCUT2D eigenvalue weighted by atomic mass is 32.2. The number of pyridine rings is 1. The predicted octanol–water partition coefficient (Wildman–Crippen LogP) is 2.21. The number of aryl methyl sites for hydroxylation is 2. The second-order valence-electron chi connectivity index (χ2n) is 8.06. The van der Waals surface area contributed by atoms with Gasteiger partial charge in [0.15, 0.2) is 0 Å². The Kier molecular flexibility index (Phi) is 5.79. The van der Waals surface area contributed by atoms with Gasteiger partial charge in [-0.3, -0.25) is 9.10 Å². The molecular formula is C22H28N4O4S. The molecule has 0 unspecified atom stereocenters. The number of hydrogen-bond donors (Lipinski definition) is 0. The quantitative estimate of drug-likeness (QED) is 0.719. The number of nitrogens with zero attached hydrogens (tertiary/aromatic N) is 4. The second kappa shape index (κ2) is 8.37. The summed E-state index contributed by atoms with van der Waals surface area (Å²) in [7, 11) is -1.79. The summed E-state index contributed by atoms with van der Waals surface area (Å²) in [5.74, 6) is 1.39. The molecule has 0 atom stereocenters. The third-order valence-corrected chi connectivity index (χ3v) is 7.73. The lowest BCUT2D eigenvalue weighted by atomic mass is 10.1. The lowest BCUT2D eigenvalue weighted by molar-refractivity contribution is 0.0743. The lowest BCUT2D eigenvalue weighted by Crippen LogP contribution is -2.49.